The first-order valence-electron chi connectivity index (χ1n) is 6.06. The lowest BCUT2D eigenvalue weighted by molar-refractivity contribution is -0.103. The molecular weight excluding hydrogens is 257 g/mol. The topological polar surface area (TPSA) is 30.5 Å². The van der Waals surface area contributed by atoms with E-state index in [1.54, 1.807) is 6.07 Å². The Hall–Kier alpha value is -0.840. The van der Waals surface area contributed by atoms with Gasteiger partial charge in [0.2, 0.25) is 0 Å². The number of benzene rings is 1. The minimum Gasteiger partial charge on any atom is -0.486 e. The predicted molar refractivity (Wildman–Crippen MR) is 68.7 cm³/mol. The zero-order valence-electron chi connectivity index (χ0n) is 10.5. The summed E-state index contributed by atoms with van der Waals surface area (Å²) in [6.45, 7) is 2.59. The van der Waals surface area contributed by atoms with E-state index in [4.69, 9.17) is 21.1 Å². The van der Waals surface area contributed by atoms with Crippen molar-refractivity contribution < 1.29 is 13.9 Å². The zero-order chi connectivity index (χ0) is 13.1. The van der Waals surface area contributed by atoms with Gasteiger partial charge >= 0.3 is 0 Å². The third-order valence-corrected chi connectivity index (χ3v) is 3.45. The van der Waals surface area contributed by atoms with Gasteiger partial charge in [-0.15, -0.1) is 0 Å². The van der Waals surface area contributed by atoms with E-state index < -0.39 is 0 Å². The molecule has 3 unspecified atom stereocenters. The van der Waals surface area contributed by atoms with Crippen LogP contribution in [0.15, 0.2) is 18.2 Å². The molecule has 3 atom stereocenters. The van der Waals surface area contributed by atoms with Crippen molar-refractivity contribution in [2.45, 2.75) is 31.6 Å². The number of nitrogens with one attached hydrogen (secondary N) is 1. The molecule has 0 bridgehead atoms. The highest BCUT2D eigenvalue weighted by Gasteiger charge is 2.43. The molecule has 0 spiro atoms. The monoisotopic (exact) mass is 273 g/mol. The van der Waals surface area contributed by atoms with Gasteiger partial charge in [-0.25, -0.2) is 4.39 Å². The lowest BCUT2D eigenvalue weighted by atomic mass is 9.85. The molecule has 1 N–H and O–H groups in total. The van der Waals surface area contributed by atoms with E-state index in [-0.39, 0.29) is 23.0 Å². The maximum atomic E-state index is 12.9. The summed E-state index contributed by atoms with van der Waals surface area (Å²) in [5, 5.41) is 3.47. The molecule has 0 aliphatic heterocycles. The number of rotatable bonds is 5. The third-order valence-electron chi connectivity index (χ3n) is 3.15. The molecule has 1 aromatic carbocycles. The molecule has 1 aliphatic carbocycles. The van der Waals surface area contributed by atoms with Gasteiger partial charge in [0.25, 0.3) is 0 Å². The first-order valence-corrected chi connectivity index (χ1v) is 6.44. The van der Waals surface area contributed by atoms with E-state index in [0.717, 1.165) is 6.42 Å². The maximum absolute atomic E-state index is 12.9. The van der Waals surface area contributed by atoms with Gasteiger partial charge in [0.1, 0.15) is 23.8 Å². The average Bonchev–Trinajstić information content (AvgIpc) is 2.33. The van der Waals surface area contributed by atoms with Gasteiger partial charge in [0.05, 0.1) is 5.02 Å². The average molecular weight is 274 g/mol. The number of hydrogen-bond acceptors (Lipinski definition) is 3. The van der Waals surface area contributed by atoms with Crippen LogP contribution in [-0.4, -0.2) is 31.9 Å². The molecule has 0 heterocycles. The normalized spacial score (nSPS) is 26.8. The van der Waals surface area contributed by atoms with Crippen molar-refractivity contribution in [1.29, 1.82) is 0 Å². The van der Waals surface area contributed by atoms with Crippen molar-refractivity contribution in [3.8, 4) is 5.75 Å². The molecule has 1 fully saturated rings. The van der Waals surface area contributed by atoms with Crippen LogP contribution in [0.25, 0.3) is 0 Å². The van der Waals surface area contributed by atoms with Gasteiger partial charge in [-0.2, -0.15) is 0 Å². The van der Waals surface area contributed by atoms with E-state index in [2.05, 4.69) is 5.32 Å². The smallest absolute Gasteiger partial charge is 0.138 e. The minimum atomic E-state index is -0.365. The standard InChI is InChI=1S/C13H17ClFNO2/c1-3-17-13-10(16-2)7-12(13)18-11-5-4-8(15)6-9(11)14/h4-6,10,12-13,16H,3,7H2,1-2H3. The minimum absolute atomic E-state index is 0.0149. The highest BCUT2D eigenvalue weighted by atomic mass is 35.5. The second kappa shape index (κ2) is 5.87. The van der Waals surface area contributed by atoms with Crippen LogP contribution < -0.4 is 10.1 Å². The largest absolute Gasteiger partial charge is 0.486 e. The molecule has 1 aliphatic rings. The van der Waals surface area contributed by atoms with Crippen LogP contribution in [0.4, 0.5) is 4.39 Å². The second-order valence-corrected chi connectivity index (χ2v) is 4.69. The predicted octanol–water partition coefficient (Wildman–Crippen LogP) is 2.62. The van der Waals surface area contributed by atoms with Gasteiger partial charge in [-0.3, -0.25) is 0 Å². The molecule has 1 saturated carbocycles. The van der Waals surface area contributed by atoms with Crippen molar-refractivity contribution in [1.82, 2.24) is 5.32 Å². The highest BCUT2D eigenvalue weighted by molar-refractivity contribution is 6.32. The lowest BCUT2D eigenvalue weighted by Gasteiger charge is -2.43. The van der Waals surface area contributed by atoms with Crippen molar-refractivity contribution in [3.05, 3.63) is 29.0 Å². The Labute approximate surface area is 111 Å². The highest BCUT2D eigenvalue weighted by Crippen LogP contribution is 2.32. The molecule has 0 radical (unpaired) electrons. The quantitative estimate of drug-likeness (QED) is 0.895. The van der Waals surface area contributed by atoms with E-state index in [9.17, 15) is 4.39 Å². The summed E-state index contributed by atoms with van der Waals surface area (Å²) in [4.78, 5) is 0. The number of hydrogen-bond donors (Lipinski definition) is 1. The molecule has 0 amide bonds. The SMILES string of the molecule is CCOC1C(NC)CC1Oc1ccc(F)cc1Cl. The van der Waals surface area contributed by atoms with E-state index in [1.165, 1.54) is 12.1 Å². The van der Waals surface area contributed by atoms with Crippen LogP contribution in [0.5, 0.6) is 5.75 Å². The van der Waals surface area contributed by atoms with Crippen LogP contribution in [0.1, 0.15) is 13.3 Å². The maximum Gasteiger partial charge on any atom is 0.138 e. The molecule has 100 valence electrons. The van der Waals surface area contributed by atoms with Crippen LogP contribution in [0, 0.1) is 5.82 Å². The first kappa shape index (κ1) is 13.6. The van der Waals surface area contributed by atoms with Crippen molar-refractivity contribution in [2.24, 2.45) is 0 Å². The molecule has 2 rings (SSSR count). The fraction of sp³-hybridized carbons (Fsp3) is 0.538. The lowest BCUT2D eigenvalue weighted by Crippen LogP contribution is -2.60. The summed E-state index contributed by atoms with van der Waals surface area (Å²) >= 11 is 5.93. The summed E-state index contributed by atoms with van der Waals surface area (Å²) in [7, 11) is 1.90. The fourth-order valence-corrected chi connectivity index (χ4v) is 2.34. The summed E-state index contributed by atoms with van der Waals surface area (Å²) < 4.78 is 24.3. The molecule has 3 nitrogen and oxygen atoms in total. The van der Waals surface area contributed by atoms with Gasteiger partial charge < -0.3 is 14.8 Å². The number of halogens is 2. The van der Waals surface area contributed by atoms with Gasteiger partial charge in [-0.05, 0) is 32.2 Å². The molecular formula is C13H17ClFNO2. The van der Waals surface area contributed by atoms with E-state index >= 15 is 0 Å². The summed E-state index contributed by atoms with van der Waals surface area (Å²) in [6, 6.07) is 4.44. The Kier molecular flexibility index (Phi) is 4.43. The Morgan fingerprint density at radius 3 is 2.89 bits per heavy atom. The van der Waals surface area contributed by atoms with Crippen LogP contribution in [0.3, 0.4) is 0 Å². The Bertz CT molecular complexity index is 416. The number of likely N-dealkylation sites (N-methyl/N-ethyl adjacent to an activating group) is 1. The summed E-state index contributed by atoms with van der Waals surface area (Å²) in [6.07, 6.45) is 0.834. The Morgan fingerprint density at radius 2 is 2.28 bits per heavy atom. The van der Waals surface area contributed by atoms with Crippen LogP contribution in [-0.2, 0) is 4.74 Å². The van der Waals surface area contributed by atoms with Crippen molar-refractivity contribution >= 4 is 11.6 Å². The molecule has 0 aromatic heterocycles. The fourth-order valence-electron chi connectivity index (χ4n) is 2.13. The summed E-state index contributed by atoms with van der Waals surface area (Å²) in [5.41, 5.74) is 0. The van der Waals surface area contributed by atoms with Crippen molar-refractivity contribution in [2.75, 3.05) is 13.7 Å². The Balaban J connectivity index is 2.01. The third kappa shape index (κ3) is 2.76. The van der Waals surface area contributed by atoms with E-state index in [0.29, 0.717) is 18.4 Å². The van der Waals surface area contributed by atoms with E-state index in [1.807, 2.05) is 14.0 Å². The molecule has 5 heteroatoms. The number of ether oxygens (including phenoxy) is 2. The molecule has 18 heavy (non-hydrogen) atoms. The van der Waals surface area contributed by atoms with Crippen molar-refractivity contribution in [3.63, 3.8) is 0 Å². The van der Waals surface area contributed by atoms with Gasteiger partial charge in [0, 0.05) is 19.1 Å². The van der Waals surface area contributed by atoms with Gasteiger partial charge in [-0.1, -0.05) is 11.6 Å². The van der Waals surface area contributed by atoms with Crippen LogP contribution in [0.2, 0.25) is 5.02 Å². The molecule has 0 saturated heterocycles. The van der Waals surface area contributed by atoms with Crippen LogP contribution >= 0.6 is 11.6 Å². The second-order valence-electron chi connectivity index (χ2n) is 4.28. The Morgan fingerprint density at radius 1 is 1.50 bits per heavy atom. The zero-order valence-corrected chi connectivity index (χ0v) is 11.2. The summed E-state index contributed by atoms with van der Waals surface area (Å²) in [5.74, 6) is 0.137. The van der Waals surface area contributed by atoms with Gasteiger partial charge in [0.15, 0.2) is 0 Å². The first-order chi connectivity index (χ1) is 8.65. The molecule has 1 aromatic rings.